The molecule has 1 aromatic heterocycles. The van der Waals surface area contributed by atoms with Gasteiger partial charge in [-0.1, -0.05) is 5.16 Å². The lowest BCUT2D eigenvalue weighted by Crippen LogP contribution is -2.17. The molecule has 0 radical (unpaired) electrons. The third kappa shape index (κ3) is 6.22. The van der Waals surface area contributed by atoms with E-state index in [1.165, 1.54) is 0 Å². The first kappa shape index (κ1) is 13.9. The Kier molecular flexibility index (Phi) is 4.88. The Morgan fingerprint density at radius 3 is 2.76 bits per heavy atom. The van der Waals surface area contributed by atoms with E-state index in [9.17, 15) is 13.2 Å². The molecular formula is C9H14F3N3O2. The number of nitrogens with zero attached hydrogens (tertiary/aromatic N) is 2. The number of alkyl halides is 3. The van der Waals surface area contributed by atoms with Crippen LogP contribution in [0.4, 0.5) is 13.2 Å². The standard InChI is InChI=1S/C9H14F3N3O2/c1-6(13)2-3-8-14-7(15-17-8)4-16-5-9(10,11)12/h6H,2-5,13H2,1H3. The van der Waals surface area contributed by atoms with E-state index in [1.54, 1.807) is 0 Å². The van der Waals surface area contributed by atoms with Crippen LogP contribution >= 0.6 is 0 Å². The van der Waals surface area contributed by atoms with Gasteiger partial charge >= 0.3 is 6.18 Å². The van der Waals surface area contributed by atoms with Crippen LogP contribution in [-0.4, -0.2) is 29.0 Å². The summed E-state index contributed by atoms with van der Waals surface area (Å²) in [5.41, 5.74) is 5.54. The molecule has 1 heterocycles. The number of aromatic nitrogens is 2. The molecule has 1 aromatic rings. The lowest BCUT2D eigenvalue weighted by molar-refractivity contribution is -0.177. The maximum Gasteiger partial charge on any atom is 0.411 e. The zero-order chi connectivity index (χ0) is 12.9. The smallest absolute Gasteiger partial charge is 0.364 e. The highest BCUT2D eigenvalue weighted by molar-refractivity contribution is 4.85. The second kappa shape index (κ2) is 5.97. The third-order valence-electron chi connectivity index (χ3n) is 1.82. The van der Waals surface area contributed by atoms with Crippen LogP contribution in [0.1, 0.15) is 25.1 Å². The molecule has 1 rings (SSSR count). The van der Waals surface area contributed by atoms with Gasteiger partial charge in [0.25, 0.3) is 0 Å². The van der Waals surface area contributed by atoms with Crippen LogP contribution in [0.5, 0.6) is 0 Å². The van der Waals surface area contributed by atoms with Crippen molar-refractivity contribution in [2.75, 3.05) is 6.61 Å². The van der Waals surface area contributed by atoms with Gasteiger partial charge in [0.2, 0.25) is 5.89 Å². The topological polar surface area (TPSA) is 74.2 Å². The number of ether oxygens (including phenoxy) is 1. The van der Waals surface area contributed by atoms with E-state index in [1.807, 2.05) is 6.92 Å². The molecular weight excluding hydrogens is 239 g/mol. The summed E-state index contributed by atoms with van der Waals surface area (Å²) in [6.07, 6.45) is -3.17. The Morgan fingerprint density at radius 2 is 2.18 bits per heavy atom. The maximum absolute atomic E-state index is 11.8. The number of halogens is 3. The lowest BCUT2D eigenvalue weighted by atomic mass is 10.2. The van der Waals surface area contributed by atoms with E-state index in [0.717, 1.165) is 0 Å². The molecule has 0 aromatic carbocycles. The molecule has 0 fully saturated rings. The van der Waals surface area contributed by atoms with Crippen LogP contribution < -0.4 is 5.73 Å². The quantitative estimate of drug-likeness (QED) is 0.830. The highest BCUT2D eigenvalue weighted by atomic mass is 19.4. The van der Waals surface area contributed by atoms with Crippen LogP contribution in [0.2, 0.25) is 0 Å². The van der Waals surface area contributed by atoms with E-state index >= 15 is 0 Å². The van der Waals surface area contributed by atoms with Gasteiger partial charge in [-0.05, 0) is 13.3 Å². The van der Waals surface area contributed by atoms with Crippen molar-refractivity contribution in [1.29, 1.82) is 0 Å². The fourth-order valence-electron chi connectivity index (χ4n) is 1.06. The van der Waals surface area contributed by atoms with Crippen molar-refractivity contribution in [3.05, 3.63) is 11.7 Å². The minimum atomic E-state index is -4.35. The van der Waals surface area contributed by atoms with Crippen molar-refractivity contribution in [2.45, 2.75) is 38.6 Å². The molecule has 0 saturated heterocycles. The molecule has 8 heteroatoms. The second-order valence-corrected chi connectivity index (χ2v) is 3.73. The van der Waals surface area contributed by atoms with Crippen LogP contribution in [0.3, 0.4) is 0 Å². The molecule has 0 spiro atoms. The van der Waals surface area contributed by atoms with Gasteiger partial charge in [0.15, 0.2) is 5.82 Å². The zero-order valence-electron chi connectivity index (χ0n) is 9.33. The summed E-state index contributed by atoms with van der Waals surface area (Å²) in [4.78, 5) is 3.88. The van der Waals surface area contributed by atoms with Gasteiger partial charge in [0.1, 0.15) is 13.2 Å². The molecule has 2 N–H and O–H groups in total. The molecule has 0 bridgehead atoms. The Bertz CT molecular complexity index is 338. The Labute approximate surface area is 96.1 Å². The summed E-state index contributed by atoms with van der Waals surface area (Å²) < 4.78 is 44.5. The molecule has 1 unspecified atom stereocenters. The largest absolute Gasteiger partial charge is 0.411 e. The van der Waals surface area contributed by atoms with Crippen molar-refractivity contribution in [3.8, 4) is 0 Å². The minimum Gasteiger partial charge on any atom is -0.364 e. The Balaban J connectivity index is 2.31. The lowest BCUT2D eigenvalue weighted by Gasteiger charge is -2.04. The molecule has 17 heavy (non-hydrogen) atoms. The predicted octanol–water partition coefficient (Wildman–Crippen LogP) is 1.43. The first-order valence-corrected chi connectivity index (χ1v) is 5.08. The summed E-state index contributed by atoms with van der Waals surface area (Å²) in [6.45, 7) is 0.196. The van der Waals surface area contributed by atoms with Gasteiger partial charge in [0.05, 0.1) is 0 Å². The number of nitrogens with two attached hydrogens (primary N) is 1. The second-order valence-electron chi connectivity index (χ2n) is 3.73. The SMILES string of the molecule is CC(N)CCc1nc(COCC(F)(F)F)no1. The van der Waals surface area contributed by atoms with Gasteiger partial charge in [-0.15, -0.1) is 0 Å². The fraction of sp³-hybridized carbons (Fsp3) is 0.778. The van der Waals surface area contributed by atoms with Crippen LogP contribution in [0.15, 0.2) is 4.52 Å². The molecule has 0 saturated carbocycles. The van der Waals surface area contributed by atoms with Crippen molar-refractivity contribution in [1.82, 2.24) is 10.1 Å². The van der Waals surface area contributed by atoms with Crippen LogP contribution in [0, 0.1) is 0 Å². The van der Waals surface area contributed by atoms with Gasteiger partial charge in [-0.3, -0.25) is 0 Å². The van der Waals surface area contributed by atoms with E-state index in [2.05, 4.69) is 14.9 Å². The Morgan fingerprint density at radius 1 is 1.47 bits per heavy atom. The van der Waals surface area contributed by atoms with Crippen LogP contribution in [-0.2, 0) is 17.8 Å². The molecule has 0 aliphatic carbocycles. The molecule has 0 aliphatic rings. The maximum atomic E-state index is 11.8. The van der Waals surface area contributed by atoms with E-state index in [4.69, 9.17) is 10.3 Å². The highest BCUT2D eigenvalue weighted by Crippen LogP contribution is 2.15. The molecule has 5 nitrogen and oxygen atoms in total. The van der Waals surface area contributed by atoms with Gasteiger partial charge < -0.3 is 15.0 Å². The summed E-state index contributed by atoms with van der Waals surface area (Å²) in [6, 6.07) is 0.00632. The summed E-state index contributed by atoms with van der Waals surface area (Å²) >= 11 is 0. The van der Waals surface area contributed by atoms with Gasteiger partial charge in [-0.2, -0.15) is 18.2 Å². The summed E-state index contributed by atoms with van der Waals surface area (Å²) in [5.74, 6) is 0.460. The van der Waals surface area contributed by atoms with E-state index in [-0.39, 0.29) is 18.5 Å². The summed E-state index contributed by atoms with van der Waals surface area (Å²) in [7, 11) is 0. The van der Waals surface area contributed by atoms with Gasteiger partial charge in [-0.25, -0.2) is 0 Å². The normalized spacial score (nSPS) is 13.9. The van der Waals surface area contributed by atoms with E-state index < -0.39 is 12.8 Å². The van der Waals surface area contributed by atoms with Crippen LogP contribution in [0.25, 0.3) is 0 Å². The number of rotatable bonds is 6. The number of hydrogen-bond donors (Lipinski definition) is 1. The van der Waals surface area contributed by atoms with Crippen molar-refractivity contribution in [3.63, 3.8) is 0 Å². The monoisotopic (exact) mass is 253 g/mol. The minimum absolute atomic E-state index is 0.00632. The van der Waals surface area contributed by atoms with Crippen molar-refractivity contribution < 1.29 is 22.4 Å². The molecule has 1 atom stereocenters. The van der Waals surface area contributed by atoms with E-state index in [0.29, 0.717) is 18.7 Å². The predicted molar refractivity (Wildman–Crippen MR) is 52.0 cm³/mol. The third-order valence-corrected chi connectivity index (χ3v) is 1.82. The number of aryl methyl sites for hydroxylation is 1. The molecule has 0 aliphatic heterocycles. The molecule has 0 amide bonds. The average molecular weight is 253 g/mol. The summed E-state index contributed by atoms with van der Waals surface area (Å²) in [5, 5.41) is 3.49. The number of hydrogen-bond acceptors (Lipinski definition) is 5. The highest BCUT2D eigenvalue weighted by Gasteiger charge is 2.27. The van der Waals surface area contributed by atoms with Gasteiger partial charge in [0, 0.05) is 12.5 Å². The average Bonchev–Trinajstić information content (AvgIpc) is 2.61. The van der Waals surface area contributed by atoms with Crippen molar-refractivity contribution in [2.24, 2.45) is 5.73 Å². The first-order chi connectivity index (χ1) is 7.87. The molecule has 98 valence electrons. The zero-order valence-corrected chi connectivity index (χ0v) is 9.33. The Hall–Kier alpha value is -1.15. The van der Waals surface area contributed by atoms with Crippen molar-refractivity contribution >= 4 is 0 Å². The fourth-order valence-corrected chi connectivity index (χ4v) is 1.06. The first-order valence-electron chi connectivity index (χ1n) is 5.08.